The van der Waals surface area contributed by atoms with Gasteiger partial charge in [-0.2, -0.15) is 13.2 Å². The summed E-state index contributed by atoms with van der Waals surface area (Å²) in [6.45, 7) is 0.545. The topological polar surface area (TPSA) is 50.4 Å². The lowest BCUT2D eigenvalue weighted by Gasteiger charge is -2.14. The average molecular weight is 358 g/mol. The van der Waals surface area contributed by atoms with Crippen molar-refractivity contribution in [3.8, 4) is 5.75 Å². The summed E-state index contributed by atoms with van der Waals surface area (Å²) in [5.74, 6) is -0.123. The van der Waals surface area contributed by atoms with Gasteiger partial charge in [-0.05, 0) is 30.5 Å². The van der Waals surface area contributed by atoms with Crippen molar-refractivity contribution in [2.45, 2.75) is 19.1 Å². The van der Waals surface area contributed by atoms with E-state index < -0.39 is 12.8 Å². The van der Waals surface area contributed by atoms with Gasteiger partial charge in [0.05, 0.1) is 12.6 Å². The van der Waals surface area contributed by atoms with E-state index >= 15 is 0 Å². The Morgan fingerprint density at radius 1 is 1.29 bits per heavy atom. The molecule has 0 saturated carbocycles. The van der Waals surface area contributed by atoms with Crippen LogP contribution in [0.2, 0.25) is 0 Å². The fourth-order valence-electron chi connectivity index (χ4n) is 1.94. The van der Waals surface area contributed by atoms with Crippen LogP contribution in [0.4, 0.5) is 18.9 Å². The van der Waals surface area contributed by atoms with E-state index in [2.05, 4.69) is 15.4 Å². The lowest BCUT2D eigenvalue weighted by Crippen LogP contribution is -2.31. The number of anilines is 1. The molecule has 0 aliphatic rings. The molecule has 1 aromatic carbocycles. The molecule has 1 aromatic heterocycles. The number of hydrogen-bond donors (Lipinski definition) is 2. The molecule has 0 spiro atoms. The monoisotopic (exact) mass is 358 g/mol. The van der Waals surface area contributed by atoms with Gasteiger partial charge < -0.3 is 15.4 Å². The second-order valence-corrected chi connectivity index (χ2v) is 6.07. The molecule has 1 heterocycles. The smallest absolute Gasteiger partial charge is 0.422 e. The molecule has 0 bridgehead atoms. The zero-order valence-corrected chi connectivity index (χ0v) is 13.7. The second-order valence-electron chi connectivity index (χ2n) is 5.09. The number of benzene rings is 1. The SMILES string of the molecule is CC(NC(=O)CNc1cccc(OCC(F)(F)F)c1)c1cccs1. The summed E-state index contributed by atoms with van der Waals surface area (Å²) in [5, 5.41) is 7.64. The van der Waals surface area contributed by atoms with Gasteiger partial charge in [-0.25, -0.2) is 0 Å². The van der Waals surface area contributed by atoms with Crippen LogP contribution in [0.25, 0.3) is 0 Å². The van der Waals surface area contributed by atoms with E-state index in [1.54, 1.807) is 23.5 Å². The number of thiophene rings is 1. The van der Waals surface area contributed by atoms with Crippen LogP contribution in [-0.4, -0.2) is 25.2 Å². The number of halogens is 3. The summed E-state index contributed by atoms with van der Waals surface area (Å²) in [6, 6.07) is 9.80. The predicted molar refractivity (Wildman–Crippen MR) is 87.4 cm³/mol. The van der Waals surface area contributed by atoms with Crippen LogP contribution in [0.15, 0.2) is 41.8 Å². The maximum atomic E-state index is 12.1. The molecule has 24 heavy (non-hydrogen) atoms. The Balaban J connectivity index is 1.82. The van der Waals surface area contributed by atoms with Crippen molar-refractivity contribution in [2.75, 3.05) is 18.5 Å². The largest absolute Gasteiger partial charge is 0.484 e. The summed E-state index contributed by atoms with van der Waals surface area (Å²) in [7, 11) is 0. The van der Waals surface area contributed by atoms with E-state index in [9.17, 15) is 18.0 Å². The van der Waals surface area contributed by atoms with Crippen molar-refractivity contribution in [1.29, 1.82) is 0 Å². The maximum Gasteiger partial charge on any atom is 0.422 e. The quantitative estimate of drug-likeness (QED) is 0.787. The van der Waals surface area contributed by atoms with E-state index in [1.165, 1.54) is 12.1 Å². The molecule has 1 unspecified atom stereocenters. The molecule has 8 heteroatoms. The Kier molecular flexibility index (Phi) is 6.08. The van der Waals surface area contributed by atoms with Crippen LogP contribution < -0.4 is 15.4 Å². The highest BCUT2D eigenvalue weighted by Crippen LogP contribution is 2.21. The third-order valence-electron chi connectivity index (χ3n) is 3.04. The number of carbonyl (C=O) groups is 1. The summed E-state index contributed by atoms with van der Waals surface area (Å²) in [4.78, 5) is 13.0. The van der Waals surface area contributed by atoms with Crippen molar-refractivity contribution in [1.82, 2.24) is 5.32 Å². The van der Waals surface area contributed by atoms with Crippen LogP contribution in [0.1, 0.15) is 17.8 Å². The first-order valence-corrected chi connectivity index (χ1v) is 8.08. The third kappa shape index (κ3) is 6.11. The van der Waals surface area contributed by atoms with Crippen molar-refractivity contribution in [2.24, 2.45) is 0 Å². The van der Waals surface area contributed by atoms with Crippen molar-refractivity contribution < 1.29 is 22.7 Å². The molecule has 0 aliphatic heterocycles. The van der Waals surface area contributed by atoms with Crippen LogP contribution in [-0.2, 0) is 4.79 Å². The summed E-state index contributed by atoms with van der Waals surface area (Å²) in [5.41, 5.74) is 0.508. The van der Waals surface area contributed by atoms with E-state index in [0.29, 0.717) is 5.69 Å². The Bertz CT molecular complexity index is 660. The van der Waals surface area contributed by atoms with Crippen molar-refractivity contribution >= 4 is 22.9 Å². The number of hydrogen-bond acceptors (Lipinski definition) is 4. The number of alkyl halides is 3. The Labute approximate surface area is 141 Å². The molecule has 1 atom stereocenters. The molecule has 2 N–H and O–H groups in total. The molecule has 130 valence electrons. The van der Waals surface area contributed by atoms with Gasteiger partial charge >= 0.3 is 6.18 Å². The third-order valence-corrected chi connectivity index (χ3v) is 4.09. The minimum Gasteiger partial charge on any atom is -0.484 e. The fourth-order valence-corrected chi connectivity index (χ4v) is 2.68. The molecule has 1 amide bonds. The molecule has 0 saturated heterocycles. The Morgan fingerprint density at radius 2 is 2.08 bits per heavy atom. The van der Waals surface area contributed by atoms with Gasteiger partial charge in [-0.1, -0.05) is 12.1 Å². The van der Waals surface area contributed by atoms with Gasteiger partial charge in [0.25, 0.3) is 0 Å². The number of nitrogens with one attached hydrogen (secondary N) is 2. The zero-order valence-electron chi connectivity index (χ0n) is 12.9. The van der Waals surface area contributed by atoms with Gasteiger partial charge in [-0.15, -0.1) is 11.3 Å². The first-order valence-electron chi connectivity index (χ1n) is 7.20. The van der Waals surface area contributed by atoms with E-state index in [1.807, 2.05) is 24.4 Å². The van der Waals surface area contributed by atoms with Gasteiger partial charge in [0.15, 0.2) is 6.61 Å². The predicted octanol–water partition coefficient (Wildman–Crippen LogP) is 3.98. The molecule has 2 rings (SSSR count). The number of amides is 1. The van der Waals surface area contributed by atoms with E-state index in [-0.39, 0.29) is 24.2 Å². The first-order chi connectivity index (χ1) is 11.3. The summed E-state index contributed by atoms with van der Waals surface area (Å²) < 4.78 is 41.1. The molecule has 0 radical (unpaired) electrons. The van der Waals surface area contributed by atoms with Crippen molar-refractivity contribution in [3.05, 3.63) is 46.7 Å². The number of carbonyl (C=O) groups excluding carboxylic acids is 1. The normalized spacial score (nSPS) is 12.5. The van der Waals surface area contributed by atoms with Gasteiger partial charge in [0.1, 0.15) is 5.75 Å². The summed E-state index contributed by atoms with van der Waals surface area (Å²) >= 11 is 1.55. The highest BCUT2D eigenvalue weighted by atomic mass is 32.1. The fraction of sp³-hybridized carbons (Fsp3) is 0.312. The van der Waals surface area contributed by atoms with Gasteiger partial charge in [-0.3, -0.25) is 4.79 Å². The molecule has 2 aromatic rings. The molecular weight excluding hydrogens is 341 g/mol. The maximum absolute atomic E-state index is 12.1. The Hall–Kier alpha value is -2.22. The highest BCUT2D eigenvalue weighted by molar-refractivity contribution is 7.10. The standard InChI is InChI=1S/C16H17F3N2O2S/c1-11(14-6-3-7-24-14)21-15(22)9-20-12-4-2-5-13(8-12)23-10-16(17,18)19/h2-8,11,20H,9-10H2,1H3,(H,21,22). The van der Waals surface area contributed by atoms with Crippen molar-refractivity contribution in [3.63, 3.8) is 0 Å². The van der Waals surface area contributed by atoms with E-state index in [0.717, 1.165) is 4.88 Å². The number of rotatable bonds is 7. The average Bonchev–Trinajstić information content (AvgIpc) is 3.05. The lowest BCUT2D eigenvalue weighted by molar-refractivity contribution is -0.153. The minimum absolute atomic E-state index is 0.0123. The van der Waals surface area contributed by atoms with Crippen LogP contribution in [0, 0.1) is 0 Å². The highest BCUT2D eigenvalue weighted by Gasteiger charge is 2.28. The zero-order chi connectivity index (χ0) is 17.6. The second kappa shape index (κ2) is 8.05. The molecular formula is C16H17F3N2O2S. The van der Waals surface area contributed by atoms with Crippen LogP contribution >= 0.6 is 11.3 Å². The van der Waals surface area contributed by atoms with E-state index in [4.69, 9.17) is 0 Å². The molecule has 0 aliphatic carbocycles. The van der Waals surface area contributed by atoms with Gasteiger partial charge in [0.2, 0.25) is 5.91 Å². The van der Waals surface area contributed by atoms with Gasteiger partial charge in [0, 0.05) is 16.6 Å². The molecule has 0 fully saturated rings. The Morgan fingerprint density at radius 3 is 2.75 bits per heavy atom. The minimum atomic E-state index is -4.39. The molecule has 4 nitrogen and oxygen atoms in total. The first kappa shape index (κ1) is 18.1. The van der Waals surface area contributed by atoms with Crippen LogP contribution in [0.5, 0.6) is 5.75 Å². The summed E-state index contributed by atoms with van der Waals surface area (Å²) in [6.07, 6.45) is -4.39. The number of ether oxygens (including phenoxy) is 1. The lowest BCUT2D eigenvalue weighted by atomic mass is 10.2. The van der Waals surface area contributed by atoms with Crippen LogP contribution in [0.3, 0.4) is 0 Å².